The molecule has 0 spiro atoms. The highest BCUT2D eigenvalue weighted by Gasteiger charge is 2.28. The lowest BCUT2D eigenvalue weighted by Gasteiger charge is -2.09. The fourth-order valence-corrected chi connectivity index (χ4v) is 3.72. The Morgan fingerprint density at radius 1 is 1.11 bits per heavy atom. The Morgan fingerprint density at radius 3 is 2.59 bits per heavy atom. The maximum atomic E-state index is 12.6. The minimum atomic E-state index is -0.499. The van der Waals surface area contributed by atoms with Gasteiger partial charge in [-0.2, -0.15) is 0 Å². The summed E-state index contributed by atoms with van der Waals surface area (Å²) in [4.78, 5) is 29.7. The molecule has 1 fully saturated rings. The van der Waals surface area contributed by atoms with Crippen LogP contribution in [-0.2, 0) is 4.74 Å². The highest BCUT2D eigenvalue weighted by atomic mass is 16.5. The fourth-order valence-electron chi connectivity index (χ4n) is 3.72. The third kappa shape index (κ3) is 3.25. The predicted molar refractivity (Wildman–Crippen MR) is 103 cm³/mol. The van der Waals surface area contributed by atoms with Crippen LogP contribution in [0.3, 0.4) is 0 Å². The van der Waals surface area contributed by atoms with E-state index in [0.29, 0.717) is 17.2 Å². The number of hydrogen-bond acceptors (Lipinski definition) is 4. The Bertz CT molecular complexity index is 1060. The summed E-state index contributed by atoms with van der Waals surface area (Å²) in [6.07, 6.45) is 2.32. The number of rotatable bonds is 5. The van der Waals surface area contributed by atoms with Crippen molar-refractivity contribution in [3.63, 3.8) is 0 Å². The lowest BCUT2D eigenvalue weighted by Crippen LogP contribution is -2.15. The Balaban J connectivity index is 1.53. The smallest absolute Gasteiger partial charge is 0.339 e. The minimum Gasteiger partial charge on any atom is -0.454 e. The van der Waals surface area contributed by atoms with Crippen molar-refractivity contribution in [3.05, 3.63) is 64.6 Å². The second-order valence-electron chi connectivity index (χ2n) is 7.21. The van der Waals surface area contributed by atoms with E-state index in [9.17, 15) is 9.59 Å². The number of carbonyl (C=O) groups excluding carboxylic acids is 2. The van der Waals surface area contributed by atoms with Crippen molar-refractivity contribution in [2.24, 2.45) is 0 Å². The number of Topliss-reactive ketones (excluding diaryl/α,β-unsaturated/α-hetero) is 1. The van der Waals surface area contributed by atoms with Gasteiger partial charge in [-0.25, -0.2) is 4.79 Å². The third-order valence-corrected chi connectivity index (χ3v) is 5.10. The van der Waals surface area contributed by atoms with Crippen LogP contribution in [0, 0.1) is 20.8 Å². The van der Waals surface area contributed by atoms with E-state index >= 15 is 0 Å². The maximum absolute atomic E-state index is 12.6. The molecule has 1 aromatic carbocycles. The van der Waals surface area contributed by atoms with Gasteiger partial charge in [-0.3, -0.25) is 9.78 Å². The van der Waals surface area contributed by atoms with E-state index in [1.54, 1.807) is 6.07 Å². The van der Waals surface area contributed by atoms with Gasteiger partial charge in [0.05, 0.1) is 11.1 Å². The fraction of sp³-hybridized carbons (Fsp3) is 0.318. The van der Waals surface area contributed by atoms with Crippen LogP contribution >= 0.6 is 0 Å². The standard InChI is InChI=1S/C22H22N2O3/c1-13-10-19(17-6-4-5-7-20(17)23-13)22(26)27-12-21(25)18-11-14(2)24(15(18)3)16-8-9-16/h4-7,10-11,16H,8-9,12H2,1-3H3. The second kappa shape index (κ2) is 6.65. The zero-order valence-electron chi connectivity index (χ0n) is 15.8. The number of carbonyl (C=O) groups is 2. The van der Waals surface area contributed by atoms with Gasteiger partial charge in [0.1, 0.15) is 0 Å². The predicted octanol–water partition coefficient (Wildman–Crippen LogP) is 4.34. The van der Waals surface area contributed by atoms with Crippen molar-refractivity contribution in [3.8, 4) is 0 Å². The molecule has 2 heterocycles. The molecule has 5 heteroatoms. The van der Waals surface area contributed by atoms with Gasteiger partial charge in [0.25, 0.3) is 0 Å². The molecule has 0 bridgehead atoms. The number of fused-ring (bicyclic) bond motifs is 1. The summed E-state index contributed by atoms with van der Waals surface area (Å²) < 4.78 is 7.58. The first-order valence-electron chi connectivity index (χ1n) is 9.21. The Kier molecular flexibility index (Phi) is 4.30. The molecular formula is C22H22N2O3. The van der Waals surface area contributed by atoms with Crippen LogP contribution < -0.4 is 0 Å². The summed E-state index contributed by atoms with van der Waals surface area (Å²) in [5, 5.41) is 0.729. The highest BCUT2D eigenvalue weighted by molar-refractivity contribution is 6.05. The molecule has 27 heavy (non-hydrogen) atoms. The van der Waals surface area contributed by atoms with E-state index in [1.165, 1.54) is 0 Å². The van der Waals surface area contributed by atoms with Crippen LogP contribution in [0.4, 0.5) is 0 Å². The number of esters is 1. The van der Waals surface area contributed by atoms with Crippen LogP contribution in [-0.4, -0.2) is 27.9 Å². The molecule has 0 radical (unpaired) electrons. The maximum Gasteiger partial charge on any atom is 0.339 e. The summed E-state index contributed by atoms with van der Waals surface area (Å²) in [5.74, 6) is -0.667. The molecule has 3 aromatic rings. The number of para-hydroxylation sites is 1. The molecule has 4 rings (SSSR count). The third-order valence-electron chi connectivity index (χ3n) is 5.10. The minimum absolute atomic E-state index is 0.168. The van der Waals surface area contributed by atoms with Crippen LogP contribution in [0.25, 0.3) is 10.9 Å². The molecule has 0 unspecified atom stereocenters. The number of pyridine rings is 1. The van der Waals surface area contributed by atoms with Gasteiger partial charge in [-0.1, -0.05) is 18.2 Å². The number of ether oxygens (including phenoxy) is 1. The van der Waals surface area contributed by atoms with Gasteiger partial charge >= 0.3 is 5.97 Å². The first kappa shape index (κ1) is 17.5. The summed E-state index contributed by atoms with van der Waals surface area (Å²) in [5.41, 5.74) is 4.60. The van der Waals surface area contributed by atoms with Gasteiger partial charge in [0, 0.05) is 34.1 Å². The molecule has 2 aromatic heterocycles. The Labute approximate surface area is 158 Å². The summed E-state index contributed by atoms with van der Waals surface area (Å²) in [7, 11) is 0. The number of aromatic nitrogens is 2. The van der Waals surface area contributed by atoms with E-state index in [2.05, 4.69) is 9.55 Å². The molecule has 0 amide bonds. The van der Waals surface area contributed by atoms with Crippen molar-refractivity contribution < 1.29 is 14.3 Å². The van der Waals surface area contributed by atoms with E-state index in [0.717, 1.165) is 40.8 Å². The highest BCUT2D eigenvalue weighted by Crippen LogP contribution is 2.38. The van der Waals surface area contributed by atoms with E-state index in [-0.39, 0.29) is 12.4 Å². The number of ketones is 1. The van der Waals surface area contributed by atoms with Crippen molar-refractivity contribution in [1.29, 1.82) is 0 Å². The molecule has 1 aliphatic carbocycles. The van der Waals surface area contributed by atoms with E-state index in [1.807, 2.05) is 51.1 Å². The lowest BCUT2D eigenvalue weighted by molar-refractivity contribution is 0.0476. The van der Waals surface area contributed by atoms with Crippen LogP contribution in [0.1, 0.15) is 56.7 Å². The molecule has 0 N–H and O–H groups in total. The topological polar surface area (TPSA) is 61.2 Å². The van der Waals surface area contributed by atoms with Crippen LogP contribution in [0.2, 0.25) is 0 Å². The number of aryl methyl sites for hydroxylation is 2. The number of benzene rings is 1. The summed E-state index contributed by atoms with van der Waals surface area (Å²) >= 11 is 0. The molecule has 5 nitrogen and oxygen atoms in total. The SMILES string of the molecule is Cc1cc(C(=O)OCC(=O)c2cc(C)n(C3CC3)c2C)c2ccccc2n1. The van der Waals surface area contributed by atoms with Crippen LogP contribution in [0.15, 0.2) is 36.4 Å². The summed E-state index contributed by atoms with van der Waals surface area (Å²) in [6, 6.07) is 11.5. The molecule has 0 aliphatic heterocycles. The average Bonchev–Trinajstić information content (AvgIpc) is 3.43. The van der Waals surface area contributed by atoms with Gasteiger partial charge in [0.2, 0.25) is 5.78 Å². The normalized spacial score (nSPS) is 13.7. The average molecular weight is 362 g/mol. The molecular weight excluding hydrogens is 340 g/mol. The quantitative estimate of drug-likeness (QED) is 0.500. The van der Waals surface area contributed by atoms with Crippen molar-refractivity contribution in [2.75, 3.05) is 6.61 Å². The first-order valence-corrected chi connectivity index (χ1v) is 9.21. The molecule has 138 valence electrons. The van der Waals surface area contributed by atoms with Crippen molar-refractivity contribution in [2.45, 2.75) is 39.7 Å². The Morgan fingerprint density at radius 2 is 1.85 bits per heavy atom. The van der Waals surface area contributed by atoms with Gasteiger partial charge in [-0.15, -0.1) is 0 Å². The molecule has 1 saturated carbocycles. The van der Waals surface area contributed by atoms with Gasteiger partial charge < -0.3 is 9.30 Å². The largest absolute Gasteiger partial charge is 0.454 e. The summed E-state index contributed by atoms with van der Waals surface area (Å²) in [6.45, 7) is 5.55. The Hall–Kier alpha value is -2.95. The zero-order valence-corrected chi connectivity index (χ0v) is 15.8. The monoisotopic (exact) mass is 362 g/mol. The molecule has 0 saturated heterocycles. The van der Waals surface area contributed by atoms with Crippen molar-refractivity contribution >= 4 is 22.7 Å². The van der Waals surface area contributed by atoms with E-state index < -0.39 is 5.97 Å². The zero-order chi connectivity index (χ0) is 19.1. The van der Waals surface area contributed by atoms with Crippen molar-refractivity contribution in [1.82, 2.24) is 9.55 Å². The first-order chi connectivity index (χ1) is 13.0. The van der Waals surface area contributed by atoms with Crippen LogP contribution in [0.5, 0.6) is 0 Å². The lowest BCUT2D eigenvalue weighted by atomic mass is 10.1. The molecule has 0 atom stereocenters. The number of hydrogen-bond donors (Lipinski definition) is 0. The van der Waals surface area contributed by atoms with E-state index in [4.69, 9.17) is 4.74 Å². The van der Waals surface area contributed by atoms with Gasteiger partial charge in [-0.05, 0) is 51.8 Å². The second-order valence-corrected chi connectivity index (χ2v) is 7.21. The number of nitrogens with zero attached hydrogens (tertiary/aromatic N) is 2. The molecule has 1 aliphatic rings. The van der Waals surface area contributed by atoms with Gasteiger partial charge in [0.15, 0.2) is 6.61 Å².